The van der Waals surface area contributed by atoms with Crippen LogP contribution in [-0.4, -0.2) is 22.6 Å². The third kappa shape index (κ3) is 5.80. The number of carbonyl (C=O) groups excluding carboxylic acids is 1. The van der Waals surface area contributed by atoms with Crippen LogP contribution in [-0.2, 0) is 16.0 Å². The van der Waals surface area contributed by atoms with Gasteiger partial charge in [0, 0.05) is 17.1 Å². The summed E-state index contributed by atoms with van der Waals surface area (Å²) >= 11 is 5.80. The molecule has 0 unspecified atom stereocenters. The first-order valence-corrected chi connectivity index (χ1v) is 8.21. The van der Waals surface area contributed by atoms with E-state index in [4.69, 9.17) is 21.4 Å². The summed E-state index contributed by atoms with van der Waals surface area (Å²) in [4.78, 5) is 23.0. The predicted octanol–water partition coefficient (Wildman–Crippen LogP) is 4.15. The molecule has 0 aliphatic heterocycles. The van der Waals surface area contributed by atoms with E-state index >= 15 is 0 Å². The first kappa shape index (κ1) is 18.8. The van der Waals surface area contributed by atoms with Gasteiger partial charge in [-0.3, -0.25) is 4.79 Å². The van der Waals surface area contributed by atoms with Crippen LogP contribution in [0.3, 0.4) is 0 Å². The molecular weight excluding hydrogens is 342 g/mol. The first-order valence-electron chi connectivity index (χ1n) is 7.83. The van der Waals surface area contributed by atoms with Crippen molar-refractivity contribution in [1.29, 1.82) is 0 Å². The topological polar surface area (TPSA) is 75.6 Å². The highest BCUT2D eigenvalue weighted by Crippen LogP contribution is 2.20. The summed E-state index contributed by atoms with van der Waals surface area (Å²) in [7, 11) is 0. The molecule has 0 aromatic heterocycles. The van der Waals surface area contributed by atoms with Crippen molar-refractivity contribution in [2.75, 3.05) is 5.32 Å². The monoisotopic (exact) mass is 361 g/mol. The number of anilines is 1. The number of hydrogen-bond donors (Lipinski definition) is 2. The van der Waals surface area contributed by atoms with Crippen LogP contribution >= 0.6 is 11.6 Å². The average Bonchev–Trinajstić information content (AvgIpc) is 2.56. The highest BCUT2D eigenvalue weighted by atomic mass is 35.5. The Labute approximate surface area is 151 Å². The highest BCUT2D eigenvalue weighted by Gasteiger charge is 2.29. The number of hydrogen-bond acceptors (Lipinski definition) is 3. The molecule has 2 N–H and O–H groups in total. The maximum absolute atomic E-state index is 12.0. The minimum atomic E-state index is -1.29. The molecule has 0 spiro atoms. The van der Waals surface area contributed by atoms with Crippen LogP contribution in [0.15, 0.2) is 48.5 Å². The third-order valence-electron chi connectivity index (χ3n) is 3.58. The third-order valence-corrected chi connectivity index (χ3v) is 3.83. The fraction of sp³-hybridized carbons (Fsp3) is 0.263. The molecule has 0 saturated carbocycles. The lowest BCUT2D eigenvalue weighted by Gasteiger charge is -2.21. The van der Waals surface area contributed by atoms with Crippen LogP contribution in [0.25, 0.3) is 0 Å². The van der Waals surface area contributed by atoms with Gasteiger partial charge in [0.05, 0.1) is 0 Å². The van der Waals surface area contributed by atoms with Crippen LogP contribution in [0.4, 0.5) is 5.69 Å². The number of aryl methyl sites for hydroxylation is 1. The van der Waals surface area contributed by atoms with Crippen molar-refractivity contribution in [2.45, 2.75) is 32.3 Å². The van der Waals surface area contributed by atoms with Crippen LogP contribution in [0.5, 0.6) is 5.75 Å². The number of nitrogens with one attached hydrogen (secondary N) is 1. The molecule has 1 amide bonds. The molecule has 0 aliphatic rings. The fourth-order valence-electron chi connectivity index (χ4n) is 2.08. The van der Waals surface area contributed by atoms with Crippen molar-refractivity contribution < 1.29 is 19.4 Å². The Morgan fingerprint density at radius 1 is 1.08 bits per heavy atom. The average molecular weight is 362 g/mol. The molecule has 0 radical (unpaired) electrons. The van der Waals surface area contributed by atoms with Crippen LogP contribution in [0.2, 0.25) is 5.02 Å². The van der Waals surface area contributed by atoms with E-state index in [9.17, 15) is 9.59 Å². The van der Waals surface area contributed by atoms with Crippen molar-refractivity contribution in [1.82, 2.24) is 0 Å². The molecule has 25 heavy (non-hydrogen) atoms. The molecular formula is C19H20ClNO4. The van der Waals surface area contributed by atoms with Crippen LogP contribution in [0, 0.1) is 0 Å². The van der Waals surface area contributed by atoms with E-state index in [0.717, 1.165) is 5.56 Å². The highest BCUT2D eigenvalue weighted by molar-refractivity contribution is 6.30. The van der Waals surface area contributed by atoms with E-state index in [0.29, 0.717) is 29.3 Å². The molecule has 0 heterocycles. The molecule has 0 aliphatic carbocycles. The molecule has 2 aromatic carbocycles. The van der Waals surface area contributed by atoms with Crippen molar-refractivity contribution in [2.24, 2.45) is 0 Å². The standard InChI is InChI=1S/C19H20ClNO4/c1-19(2,18(23)24)25-16-10-3-13(4-11-16)5-12-17(22)21-15-8-6-14(20)7-9-15/h3-4,6-11H,5,12H2,1-2H3,(H,21,22)(H,23,24). The maximum Gasteiger partial charge on any atom is 0.347 e. The molecule has 2 aromatic rings. The van der Waals surface area contributed by atoms with Gasteiger partial charge in [0.25, 0.3) is 0 Å². The second kappa shape index (κ2) is 8.03. The Hall–Kier alpha value is -2.53. The van der Waals surface area contributed by atoms with Crippen molar-refractivity contribution in [3.05, 3.63) is 59.1 Å². The van der Waals surface area contributed by atoms with Crippen molar-refractivity contribution >= 4 is 29.2 Å². The van der Waals surface area contributed by atoms with Gasteiger partial charge in [0.2, 0.25) is 5.91 Å². The molecule has 2 rings (SSSR count). The van der Waals surface area contributed by atoms with Gasteiger partial charge in [-0.15, -0.1) is 0 Å². The Bertz CT molecular complexity index is 739. The number of carboxylic acids is 1. The first-order chi connectivity index (χ1) is 11.8. The van der Waals surface area contributed by atoms with E-state index in [2.05, 4.69) is 5.32 Å². The minimum Gasteiger partial charge on any atom is -0.478 e. The second-order valence-corrected chi connectivity index (χ2v) is 6.55. The molecule has 0 fully saturated rings. The quantitative estimate of drug-likeness (QED) is 0.776. The number of amides is 1. The van der Waals surface area contributed by atoms with Crippen LogP contribution < -0.4 is 10.1 Å². The van der Waals surface area contributed by atoms with Gasteiger partial charge in [-0.1, -0.05) is 23.7 Å². The molecule has 132 valence electrons. The lowest BCUT2D eigenvalue weighted by molar-refractivity contribution is -0.152. The van der Waals surface area contributed by atoms with E-state index in [-0.39, 0.29) is 5.91 Å². The number of carbonyl (C=O) groups is 2. The number of rotatable bonds is 7. The summed E-state index contributed by atoms with van der Waals surface area (Å²) in [5.74, 6) is -0.646. The summed E-state index contributed by atoms with van der Waals surface area (Å²) in [5, 5.41) is 12.5. The zero-order valence-corrected chi connectivity index (χ0v) is 14.8. The summed E-state index contributed by atoms with van der Waals surface area (Å²) in [6.45, 7) is 2.98. The van der Waals surface area contributed by atoms with Gasteiger partial charge in [-0.2, -0.15) is 0 Å². The number of halogens is 1. The maximum atomic E-state index is 12.0. The van der Waals surface area contributed by atoms with Crippen molar-refractivity contribution in [3.8, 4) is 5.75 Å². The SMILES string of the molecule is CC(C)(Oc1ccc(CCC(=O)Nc2ccc(Cl)cc2)cc1)C(=O)O. The Balaban J connectivity index is 1.85. The largest absolute Gasteiger partial charge is 0.478 e. The number of aliphatic carboxylic acids is 1. The van der Waals surface area contributed by atoms with Gasteiger partial charge in [0.15, 0.2) is 5.60 Å². The molecule has 0 bridgehead atoms. The lowest BCUT2D eigenvalue weighted by atomic mass is 10.1. The minimum absolute atomic E-state index is 0.0883. The zero-order valence-electron chi connectivity index (χ0n) is 14.1. The molecule has 5 nitrogen and oxygen atoms in total. The lowest BCUT2D eigenvalue weighted by Crippen LogP contribution is -2.37. The number of ether oxygens (including phenoxy) is 1. The predicted molar refractivity (Wildman–Crippen MR) is 97.2 cm³/mol. The van der Waals surface area contributed by atoms with Gasteiger partial charge in [0.1, 0.15) is 5.75 Å². The van der Waals surface area contributed by atoms with Crippen LogP contribution in [0.1, 0.15) is 25.8 Å². The zero-order chi connectivity index (χ0) is 18.4. The molecule has 0 saturated heterocycles. The molecule has 0 atom stereocenters. The number of carboxylic acid groups (broad SMARTS) is 1. The van der Waals surface area contributed by atoms with Gasteiger partial charge < -0.3 is 15.2 Å². The summed E-state index contributed by atoms with van der Waals surface area (Å²) in [6.07, 6.45) is 0.908. The normalized spacial score (nSPS) is 11.0. The summed E-state index contributed by atoms with van der Waals surface area (Å²) in [5.41, 5.74) is 0.376. The van der Waals surface area contributed by atoms with Gasteiger partial charge in [-0.05, 0) is 62.2 Å². The van der Waals surface area contributed by atoms with E-state index < -0.39 is 11.6 Å². The van der Waals surface area contributed by atoms with Crippen molar-refractivity contribution in [3.63, 3.8) is 0 Å². The summed E-state index contributed by atoms with van der Waals surface area (Å²) in [6, 6.07) is 14.0. The van der Waals surface area contributed by atoms with E-state index in [1.807, 2.05) is 12.1 Å². The fourth-order valence-corrected chi connectivity index (χ4v) is 2.20. The van der Waals surface area contributed by atoms with E-state index in [1.54, 1.807) is 36.4 Å². The second-order valence-electron chi connectivity index (χ2n) is 6.12. The number of benzene rings is 2. The smallest absolute Gasteiger partial charge is 0.347 e. The Morgan fingerprint density at radius 2 is 1.68 bits per heavy atom. The van der Waals surface area contributed by atoms with Gasteiger partial charge in [-0.25, -0.2) is 4.79 Å². The van der Waals surface area contributed by atoms with Gasteiger partial charge >= 0.3 is 5.97 Å². The summed E-state index contributed by atoms with van der Waals surface area (Å²) < 4.78 is 5.44. The Morgan fingerprint density at radius 3 is 2.24 bits per heavy atom. The Kier molecular flexibility index (Phi) is 6.04. The van der Waals surface area contributed by atoms with E-state index in [1.165, 1.54) is 13.8 Å². The molecule has 6 heteroatoms.